The van der Waals surface area contributed by atoms with Crippen LogP contribution in [0.5, 0.6) is 5.75 Å². The summed E-state index contributed by atoms with van der Waals surface area (Å²) >= 11 is 0. The van der Waals surface area contributed by atoms with Crippen LogP contribution >= 0.6 is 0 Å². The number of hydrogen-bond acceptors (Lipinski definition) is 3. The molecule has 2 aromatic rings. The molecule has 1 amide bonds. The van der Waals surface area contributed by atoms with Gasteiger partial charge in [-0.1, -0.05) is 17.7 Å². The number of nitrogens with one attached hydrogen (secondary N) is 2. The molecule has 2 rings (SSSR count). The van der Waals surface area contributed by atoms with Gasteiger partial charge < -0.3 is 10.1 Å². The average Bonchev–Trinajstić information content (AvgIpc) is 2.84. The molecule has 0 atom stereocenters. The molecule has 0 fully saturated rings. The first-order chi connectivity index (χ1) is 9.15. The topological polar surface area (TPSA) is 67.0 Å². The number of carbonyl (C=O) groups excluding carboxylic acids is 1. The van der Waals surface area contributed by atoms with Crippen molar-refractivity contribution in [2.24, 2.45) is 0 Å². The normalized spacial score (nSPS) is 10.2. The van der Waals surface area contributed by atoms with Gasteiger partial charge in [-0.25, -0.2) is 0 Å². The Hall–Kier alpha value is -2.30. The third-order valence-corrected chi connectivity index (χ3v) is 2.70. The fourth-order valence-corrected chi connectivity index (χ4v) is 1.76. The maximum atomic E-state index is 11.6. The van der Waals surface area contributed by atoms with E-state index >= 15 is 0 Å². The van der Waals surface area contributed by atoms with Crippen LogP contribution in [0.3, 0.4) is 0 Å². The maximum absolute atomic E-state index is 11.6. The largest absolute Gasteiger partial charge is 0.493 e. The predicted molar refractivity (Wildman–Crippen MR) is 73.2 cm³/mol. The minimum absolute atomic E-state index is 0.0915. The highest BCUT2D eigenvalue weighted by atomic mass is 16.5. The van der Waals surface area contributed by atoms with Gasteiger partial charge >= 0.3 is 0 Å². The SMILES string of the molecule is Cc1ccc(OCCC(=O)Nc2cn[nH]c2)c(C)c1. The van der Waals surface area contributed by atoms with E-state index in [1.807, 2.05) is 26.0 Å². The van der Waals surface area contributed by atoms with Crippen molar-refractivity contribution in [1.82, 2.24) is 10.2 Å². The summed E-state index contributed by atoms with van der Waals surface area (Å²) in [6, 6.07) is 5.98. The standard InChI is InChI=1S/C14H17N3O2/c1-10-3-4-13(11(2)7-10)19-6-5-14(18)17-12-8-15-16-9-12/h3-4,7-9H,5-6H2,1-2H3,(H,15,16)(H,17,18). The van der Waals surface area contributed by atoms with Gasteiger partial charge in [-0.05, 0) is 25.5 Å². The van der Waals surface area contributed by atoms with Crippen molar-refractivity contribution in [3.8, 4) is 5.75 Å². The third kappa shape index (κ3) is 3.84. The Morgan fingerprint density at radius 2 is 2.26 bits per heavy atom. The molecule has 19 heavy (non-hydrogen) atoms. The lowest BCUT2D eigenvalue weighted by Gasteiger charge is -2.09. The summed E-state index contributed by atoms with van der Waals surface area (Å²) < 4.78 is 5.60. The fraction of sp³-hybridized carbons (Fsp3) is 0.286. The molecule has 0 saturated heterocycles. The smallest absolute Gasteiger partial charge is 0.227 e. The molecule has 100 valence electrons. The van der Waals surface area contributed by atoms with Crippen LogP contribution in [0.15, 0.2) is 30.6 Å². The Morgan fingerprint density at radius 1 is 1.42 bits per heavy atom. The number of aromatic amines is 1. The molecular weight excluding hydrogens is 242 g/mol. The fourth-order valence-electron chi connectivity index (χ4n) is 1.76. The van der Waals surface area contributed by atoms with Gasteiger partial charge in [0, 0.05) is 6.20 Å². The molecule has 0 saturated carbocycles. The number of rotatable bonds is 5. The number of nitrogens with zero attached hydrogens (tertiary/aromatic N) is 1. The van der Waals surface area contributed by atoms with E-state index in [1.165, 1.54) is 5.56 Å². The molecule has 0 aliphatic heterocycles. The predicted octanol–water partition coefficient (Wildman–Crippen LogP) is 2.43. The summed E-state index contributed by atoms with van der Waals surface area (Å²) in [5, 5.41) is 9.10. The first-order valence-corrected chi connectivity index (χ1v) is 6.14. The highest BCUT2D eigenvalue weighted by Crippen LogP contribution is 2.18. The van der Waals surface area contributed by atoms with E-state index in [4.69, 9.17) is 4.74 Å². The quantitative estimate of drug-likeness (QED) is 0.866. The Kier molecular flexibility index (Phi) is 4.18. The zero-order valence-corrected chi connectivity index (χ0v) is 11.1. The summed E-state index contributed by atoms with van der Waals surface area (Å²) in [5.74, 6) is 0.730. The van der Waals surface area contributed by atoms with Gasteiger partial charge in [-0.3, -0.25) is 9.89 Å². The highest BCUT2D eigenvalue weighted by molar-refractivity contribution is 5.90. The van der Waals surface area contributed by atoms with Crippen LogP contribution in [-0.4, -0.2) is 22.7 Å². The summed E-state index contributed by atoms with van der Waals surface area (Å²) in [7, 11) is 0. The number of aryl methyl sites for hydroxylation is 2. The molecule has 1 aromatic carbocycles. The molecule has 0 bridgehead atoms. The number of H-pyrrole nitrogens is 1. The third-order valence-electron chi connectivity index (χ3n) is 2.70. The van der Waals surface area contributed by atoms with Crippen LogP contribution < -0.4 is 10.1 Å². The number of benzene rings is 1. The highest BCUT2D eigenvalue weighted by Gasteiger charge is 2.05. The van der Waals surface area contributed by atoms with Gasteiger partial charge in [0.15, 0.2) is 0 Å². The van der Waals surface area contributed by atoms with Gasteiger partial charge in [0.05, 0.1) is 24.9 Å². The number of amides is 1. The maximum Gasteiger partial charge on any atom is 0.227 e. The number of ether oxygens (including phenoxy) is 1. The molecule has 1 heterocycles. The van der Waals surface area contributed by atoms with Crippen LogP contribution in [0.25, 0.3) is 0 Å². The van der Waals surface area contributed by atoms with E-state index in [0.717, 1.165) is 11.3 Å². The second-order valence-corrected chi connectivity index (χ2v) is 4.40. The van der Waals surface area contributed by atoms with Crippen LogP contribution in [0.2, 0.25) is 0 Å². The summed E-state index contributed by atoms with van der Waals surface area (Å²) in [4.78, 5) is 11.6. The molecule has 5 nitrogen and oxygen atoms in total. The molecule has 0 radical (unpaired) electrons. The first-order valence-electron chi connectivity index (χ1n) is 6.14. The number of hydrogen-bond donors (Lipinski definition) is 2. The van der Waals surface area contributed by atoms with Crippen molar-refractivity contribution >= 4 is 11.6 Å². The molecule has 0 aliphatic rings. The summed E-state index contributed by atoms with van der Waals surface area (Å²) in [6.07, 6.45) is 3.49. The number of aromatic nitrogens is 2. The van der Waals surface area contributed by atoms with Crippen LogP contribution in [-0.2, 0) is 4.79 Å². The monoisotopic (exact) mass is 259 g/mol. The second-order valence-electron chi connectivity index (χ2n) is 4.40. The van der Waals surface area contributed by atoms with Gasteiger partial charge in [-0.15, -0.1) is 0 Å². The van der Waals surface area contributed by atoms with E-state index in [-0.39, 0.29) is 5.91 Å². The lowest BCUT2D eigenvalue weighted by atomic mass is 10.1. The van der Waals surface area contributed by atoms with Gasteiger partial charge in [0.2, 0.25) is 5.91 Å². The van der Waals surface area contributed by atoms with Gasteiger partial charge in [-0.2, -0.15) is 5.10 Å². The van der Waals surface area contributed by atoms with Crippen molar-refractivity contribution in [1.29, 1.82) is 0 Å². The minimum atomic E-state index is -0.0915. The summed E-state index contributed by atoms with van der Waals surface area (Å²) in [6.45, 7) is 4.39. The van der Waals surface area contributed by atoms with Crippen LogP contribution in [0, 0.1) is 13.8 Å². The Balaban J connectivity index is 1.78. The Labute approximate surface area is 112 Å². The molecular formula is C14H17N3O2. The number of anilines is 1. The number of carbonyl (C=O) groups is 1. The van der Waals surface area contributed by atoms with E-state index in [2.05, 4.69) is 21.6 Å². The summed E-state index contributed by atoms with van der Waals surface area (Å²) in [5.41, 5.74) is 2.94. The molecule has 0 aliphatic carbocycles. The van der Waals surface area contributed by atoms with Crippen molar-refractivity contribution in [2.75, 3.05) is 11.9 Å². The lowest BCUT2D eigenvalue weighted by Crippen LogP contribution is -2.15. The molecule has 1 aromatic heterocycles. The van der Waals surface area contributed by atoms with Crippen molar-refractivity contribution in [3.05, 3.63) is 41.7 Å². The molecule has 2 N–H and O–H groups in total. The molecule has 5 heteroatoms. The van der Waals surface area contributed by atoms with Crippen molar-refractivity contribution < 1.29 is 9.53 Å². The van der Waals surface area contributed by atoms with E-state index in [1.54, 1.807) is 12.4 Å². The van der Waals surface area contributed by atoms with Crippen molar-refractivity contribution in [3.63, 3.8) is 0 Å². The van der Waals surface area contributed by atoms with Gasteiger partial charge in [0.25, 0.3) is 0 Å². The zero-order chi connectivity index (χ0) is 13.7. The molecule has 0 spiro atoms. The Bertz CT molecular complexity index is 550. The minimum Gasteiger partial charge on any atom is -0.493 e. The average molecular weight is 259 g/mol. The van der Waals surface area contributed by atoms with Crippen molar-refractivity contribution in [2.45, 2.75) is 20.3 Å². The Morgan fingerprint density at radius 3 is 2.95 bits per heavy atom. The van der Waals surface area contributed by atoms with E-state index in [9.17, 15) is 4.79 Å². The zero-order valence-electron chi connectivity index (χ0n) is 11.1. The first kappa shape index (κ1) is 13.1. The lowest BCUT2D eigenvalue weighted by molar-refractivity contribution is -0.116. The second kappa shape index (κ2) is 6.04. The molecule has 0 unspecified atom stereocenters. The van der Waals surface area contributed by atoms with E-state index in [0.29, 0.717) is 18.7 Å². The van der Waals surface area contributed by atoms with Crippen LogP contribution in [0.1, 0.15) is 17.5 Å². The van der Waals surface area contributed by atoms with E-state index < -0.39 is 0 Å². The van der Waals surface area contributed by atoms with Crippen LogP contribution in [0.4, 0.5) is 5.69 Å². The van der Waals surface area contributed by atoms with Gasteiger partial charge in [0.1, 0.15) is 5.75 Å².